The first-order valence-electron chi connectivity index (χ1n) is 10.2. The van der Waals surface area contributed by atoms with Crippen molar-refractivity contribution in [2.24, 2.45) is 4.99 Å². The number of guanidine groups is 1. The van der Waals surface area contributed by atoms with Crippen molar-refractivity contribution >= 4 is 17.6 Å². The van der Waals surface area contributed by atoms with Gasteiger partial charge in [0.1, 0.15) is 11.9 Å². The van der Waals surface area contributed by atoms with Crippen LogP contribution in [0.15, 0.2) is 29.3 Å². The molecule has 3 atom stereocenters. The standard InChI is InChI=1S/C21H33ClN4O/c1-4-23-21(24-14-15(2)27-20-10-8-16(22)9-11-20)25-17-12-18-6-5-7-19(13-17)26(18)3/h8-11,15,17-19H,4-7,12-14H2,1-3H3,(H2,23,24,25). The lowest BCUT2D eigenvalue weighted by Gasteiger charge is -2.47. The fraction of sp³-hybridized carbons (Fsp3) is 0.667. The summed E-state index contributed by atoms with van der Waals surface area (Å²) in [5.41, 5.74) is 0. The van der Waals surface area contributed by atoms with Crippen LogP contribution >= 0.6 is 11.6 Å². The van der Waals surface area contributed by atoms with Gasteiger partial charge in [0.25, 0.3) is 0 Å². The molecule has 3 rings (SSSR count). The SMILES string of the molecule is CCNC(=NCC(C)Oc1ccc(Cl)cc1)NC1CC2CCCC(C1)N2C. The van der Waals surface area contributed by atoms with Gasteiger partial charge >= 0.3 is 0 Å². The monoisotopic (exact) mass is 392 g/mol. The van der Waals surface area contributed by atoms with Crippen molar-refractivity contribution in [3.8, 4) is 5.75 Å². The third-order valence-corrected chi connectivity index (χ3v) is 5.93. The summed E-state index contributed by atoms with van der Waals surface area (Å²) < 4.78 is 5.93. The third-order valence-electron chi connectivity index (χ3n) is 5.68. The Labute approximate surface area is 168 Å². The summed E-state index contributed by atoms with van der Waals surface area (Å²) in [6.07, 6.45) is 6.43. The fourth-order valence-electron chi connectivity index (χ4n) is 4.25. The highest BCUT2D eigenvalue weighted by Gasteiger charge is 2.36. The van der Waals surface area contributed by atoms with Gasteiger partial charge in [-0.05, 0) is 70.8 Å². The average Bonchev–Trinajstić information content (AvgIpc) is 2.63. The molecule has 2 N–H and O–H groups in total. The summed E-state index contributed by atoms with van der Waals surface area (Å²) in [4.78, 5) is 7.35. The van der Waals surface area contributed by atoms with Gasteiger partial charge in [-0.15, -0.1) is 0 Å². The lowest BCUT2D eigenvalue weighted by Crippen LogP contribution is -2.56. The molecule has 2 aliphatic rings. The Morgan fingerprint density at radius 1 is 1.26 bits per heavy atom. The lowest BCUT2D eigenvalue weighted by molar-refractivity contribution is 0.0526. The minimum Gasteiger partial charge on any atom is -0.489 e. The van der Waals surface area contributed by atoms with Crippen molar-refractivity contribution in [3.05, 3.63) is 29.3 Å². The number of fused-ring (bicyclic) bond motifs is 2. The van der Waals surface area contributed by atoms with Crippen molar-refractivity contribution < 1.29 is 4.74 Å². The Kier molecular flexibility index (Phi) is 7.25. The van der Waals surface area contributed by atoms with Crippen LogP contribution in [-0.2, 0) is 0 Å². The second kappa shape index (κ2) is 9.65. The number of aliphatic imine (C=N–C) groups is 1. The van der Waals surface area contributed by atoms with E-state index < -0.39 is 0 Å². The van der Waals surface area contributed by atoms with Gasteiger partial charge in [0.05, 0.1) is 6.54 Å². The second-order valence-electron chi connectivity index (χ2n) is 7.82. The first-order valence-corrected chi connectivity index (χ1v) is 10.6. The number of benzene rings is 1. The number of ether oxygens (including phenoxy) is 1. The van der Waals surface area contributed by atoms with E-state index in [0.29, 0.717) is 24.7 Å². The molecule has 2 saturated heterocycles. The topological polar surface area (TPSA) is 48.9 Å². The summed E-state index contributed by atoms with van der Waals surface area (Å²) in [5.74, 6) is 1.72. The van der Waals surface area contributed by atoms with Crippen LogP contribution < -0.4 is 15.4 Å². The maximum absolute atomic E-state index is 5.93. The van der Waals surface area contributed by atoms with Gasteiger partial charge in [0.15, 0.2) is 5.96 Å². The molecule has 2 bridgehead atoms. The molecular formula is C21H33ClN4O. The Bertz CT molecular complexity index is 607. The summed E-state index contributed by atoms with van der Waals surface area (Å²) in [7, 11) is 2.29. The Balaban J connectivity index is 1.53. The van der Waals surface area contributed by atoms with Crippen LogP contribution in [0.3, 0.4) is 0 Å². The minimum absolute atomic E-state index is 0.00139. The number of rotatable bonds is 6. The zero-order valence-corrected chi connectivity index (χ0v) is 17.5. The van der Waals surface area contributed by atoms with Crippen LogP contribution in [0.4, 0.5) is 0 Å². The maximum Gasteiger partial charge on any atom is 0.191 e. The van der Waals surface area contributed by atoms with Gasteiger partial charge in [0, 0.05) is 29.7 Å². The number of halogens is 1. The summed E-state index contributed by atoms with van der Waals surface area (Å²) in [6, 6.07) is 9.40. The highest BCUT2D eigenvalue weighted by molar-refractivity contribution is 6.30. The van der Waals surface area contributed by atoms with Gasteiger partial charge in [-0.25, -0.2) is 4.99 Å². The van der Waals surface area contributed by atoms with E-state index >= 15 is 0 Å². The predicted molar refractivity (Wildman–Crippen MR) is 113 cm³/mol. The van der Waals surface area contributed by atoms with E-state index in [1.807, 2.05) is 31.2 Å². The van der Waals surface area contributed by atoms with Crippen molar-refractivity contribution in [2.45, 2.75) is 70.2 Å². The van der Waals surface area contributed by atoms with Gasteiger partial charge in [-0.2, -0.15) is 0 Å². The predicted octanol–water partition coefficient (Wildman–Crippen LogP) is 3.68. The summed E-state index contributed by atoms with van der Waals surface area (Å²) in [6.45, 7) is 5.62. The highest BCUT2D eigenvalue weighted by atomic mass is 35.5. The molecule has 6 heteroatoms. The summed E-state index contributed by atoms with van der Waals surface area (Å²) in [5, 5.41) is 7.77. The van der Waals surface area contributed by atoms with Gasteiger partial charge in [0.2, 0.25) is 0 Å². The van der Waals surface area contributed by atoms with Crippen molar-refractivity contribution in [2.75, 3.05) is 20.1 Å². The molecule has 0 spiro atoms. The van der Waals surface area contributed by atoms with Crippen LogP contribution in [0.1, 0.15) is 46.0 Å². The Hall–Kier alpha value is -1.46. The molecule has 2 fully saturated rings. The van der Waals surface area contributed by atoms with Crippen LogP contribution in [0.25, 0.3) is 0 Å². The molecular weight excluding hydrogens is 360 g/mol. The molecule has 0 saturated carbocycles. The summed E-state index contributed by atoms with van der Waals surface area (Å²) >= 11 is 5.93. The number of nitrogens with zero attached hydrogens (tertiary/aromatic N) is 2. The number of nitrogens with one attached hydrogen (secondary N) is 2. The molecule has 27 heavy (non-hydrogen) atoms. The van der Waals surface area contributed by atoms with Gasteiger partial charge < -0.3 is 20.3 Å². The van der Waals surface area contributed by atoms with Crippen molar-refractivity contribution in [1.29, 1.82) is 0 Å². The van der Waals surface area contributed by atoms with Crippen molar-refractivity contribution in [1.82, 2.24) is 15.5 Å². The largest absolute Gasteiger partial charge is 0.489 e. The van der Waals surface area contributed by atoms with Crippen LogP contribution in [0, 0.1) is 0 Å². The van der Waals surface area contributed by atoms with Crippen LogP contribution in [-0.4, -0.2) is 55.2 Å². The van der Waals surface area contributed by atoms with E-state index in [-0.39, 0.29) is 6.10 Å². The van der Waals surface area contributed by atoms with Crippen LogP contribution in [0.2, 0.25) is 5.02 Å². The second-order valence-corrected chi connectivity index (χ2v) is 8.26. The third kappa shape index (κ3) is 5.76. The quantitative estimate of drug-likeness (QED) is 0.572. The van der Waals surface area contributed by atoms with E-state index in [9.17, 15) is 0 Å². The lowest BCUT2D eigenvalue weighted by atomic mass is 9.82. The molecule has 2 heterocycles. The minimum atomic E-state index is -0.00139. The number of piperidine rings is 2. The molecule has 1 aromatic rings. The molecule has 0 aliphatic carbocycles. The first-order chi connectivity index (χ1) is 13.0. The highest BCUT2D eigenvalue weighted by Crippen LogP contribution is 2.32. The molecule has 1 aromatic carbocycles. The number of hydrogen-bond acceptors (Lipinski definition) is 3. The Morgan fingerprint density at radius 3 is 2.56 bits per heavy atom. The van der Waals surface area contributed by atoms with E-state index in [1.54, 1.807) is 0 Å². The van der Waals surface area contributed by atoms with Gasteiger partial charge in [-0.1, -0.05) is 18.0 Å². The van der Waals surface area contributed by atoms with Crippen molar-refractivity contribution in [3.63, 3.8) is 0 Å². The van der Waals surface area contributed by atoms with E-state index in [1.165, 1.54) is 32.1 Å². The zero-order chi connectivity index (χ0) is 19.2. The molecule has 5 nitrogen and oxygen atoms in total. The average molecular weight is 393 g/mol. The molecule has 3 unspecified atom stereocenters. The van der Waals surface area contributed by atoms with E-state index in [4.69, 9.17) is 21.3 Å². The zero-order valence-electron chi connectivity index (χ0n) is 16.7. The molecule has 0 aromatic heterocycles. The molecule has 0 amide bonds. The smallest absolute Gasteiger partial charge is 0.191 e. The molecule has 0 radical (unpaired) electrons. The fourth-order valence-corrected chi connectivity index (χ4v) is 4.38. The van der Waals surface area contributed by atoms with E-state index in [0.717, 1.165) is 23.3 Å². The van der Waals surface area contributed by atoms with E-state index in [2.05, 4.69) is 29.5 Å². The first kappa shape index (κ1) is 20.3. The van der Waals surface area contributed by atoms with Gasteiger partial charge in [-0.3, -0.25) is 0 Å². The number of hydrogen-bond donors (Lipinski definition) is 2. The normalized spacial score (nSPS) is 27.1. The van der Waals surface area contributed by atoms with Crippen LogP contribution in [0.5, 0.6) is 5.75 Å². The molecule has 150 valence electrons. The molecule has 2 aliphatic heterocycles. The maximum atomic E-state index is 5.93. The Morgan fingerprint density at radius 2 is 1.93 bits per heavy atom.